The molecule has 0 spiro atoms. The number of carbonyl (C=O) groups excluding carboxylic acids is 1. The lowest BCUT2D eigenvalue weighted by molar-refractivity contribution is 0.0450. The van der Waals surface area contributed by atoms with Crippen molar-refractivity contribution >= 4 is 63.0 Å². The van der Waals surface area contributed by atoms with Crippen molar-refractivity contribution in [1.29, 1.82) is 5.26 Å². The van der Waals surface area contributed by atoms with E-state index >= 15 is 0 Å². The molecule has 0 atom stereocenters. The molecule has 0 bridgehead atoms. The Morgan fingerprint density at radius 2 is 1.81 bits per heavy atom. The lowest BCUT2D eigenvalue weighted by atomic mass is 10.0. The minimum absolute atomic E-state index is 0.403. The number of fused-ring (bicyclic) bond motifs is 1. The molecule has 0 saturated heterocycles. The first kappa shape index (κ1) is 23.2. The van der Waals surface area contributed by atoms with Gasteiger partial charge in [-0.05, 0) is 55.3 Å². The van der Waals surface area contributed by atoms with Crippen LogP contribution >= 0.6 is 46.1 Å². The number of carbonyl (C=O) groups is 1. The highest BCUT2D eigenvalue weighted by Gasteiger charge is 2.35. The van der Waals surface area contributed by atoms with Crippen molar-refractivity contribution in [3.8, 4) is 16.5 Å². The maximum atomic E-state index is 11.5. The molecule has 1 aromatic heterocycles. The summed E-state index contributed by atoms with van der Waals surface area (Å²) in [6.07, 6.45) is 0.862. The number of ether oxygens (including phenoxy) is 1. The lowest BCUT2D eigenvalue weighted by Gasteiger charge is -2.29. The van der Waals surface area contributed by atoms with Gasteiger partial charge in [0.1, 0.15) is 5.60 Å². The van der Waals surface area contributed by atoms with Crippen LogP contribution in [0.15, 0.2) is 60.7 Å². The largest absolute Gasteiger partial charge is 0.437 e. The van der Waals surface area contributed by atoms with Gasteiger partial charge in [-0.3, -0.25) is 5.32 Å². The summed E-state index contributed by atoms with van der Waals surface area (Å²) in [5.41, 5.74) is 2.02. The predicted octanol–water partition coefficient (Wildman–Crippen LogP) is 8.31. The number of hydrogen-bond acceptors (Lipinski definition) is 4. The van der Waals surface area contributed by atoms with Gasteiger partial charge in [-0.25, -0.2) is 4.79 Å². The molecule has 0 radical (unpaired) electrons. The third-order valence-corrected chi connectivity index (χ3v) is 6.55. The third kappa shape index (κ3) is 5.81. The SMILES string of the molecule is CC1(C)OC(=O)Nc2cc(-c3cccc(Cl)c3)sc21.N#C/C=C(/Cl)c1cccc(Cl)c1. The number of thiophene rings is 1. The number of halogens is 3. The number of nitrogens with one attached hydrogen (secondary N) is 1. The van der Waals surface area contributed by atoms with Crippen LogP contribution < -0.4 is 5.32 Å². The summed E-state index contributed by atoms with van der Waals surface area (Å²) < 4.78 is 5.31. The predicted molar refractivity (Wildman–Crippen MR) is 129 cm³/mol. The highest BCUT2D eigenvalue weighted by atomic mass is 35.5. The Morgan fingerprint density at radius 3 is 2.45 bits per heavy atom. The summed E-state index contributed by atoms with van der Waals surface area (Å²) in [7, 11) is 0. The van der Waals surface area contributed by atoms with E-state index < -0.39 is 11.7 Å². The topological polar surface area (TPSA) is 62.1 Å². The van der Waals surface area contributed by atoms with Crippen molar-refractivity contribution in [2.45, 2.75) is 19.4 Å². The second-order valence-electron chi connectivity index (χ2n) is 7.02. The Morgan fingerprint density at radius 1 is 1.13 bits per heavy atom. The van der Waals surface area contributed by atoms with Crippen LogP contribution in [0.2, 0.25) is 10.0 Å². The van der Waals surface area contributed by atoms with Gasteiger partial charge in [-0.2, -0.15) is 5.26 Å². The number of cyclic esters (lactones) is 1. The first-order valence-electron chi connectivity index (χ1n) is 9.11. The molecule has 1 N–H and O–H groups in total. The van der Waals surface area contributed by atoms with E-state index in [1.807, 2.05) is 50.2 Å². The van der Waals surface area contributed by atoms with Gasteiger partial charge in [0.2, 0.25) is 0 Å². The van der Waals surface area contributed by atoms with Crippen molar-refractivity contribution in [2.24, 2.45) is 0 Å². The molecule has 4 nitrogen and oxygen atoms in total. The van der Waals surface area contributed by atoms with Gasteiger partial charge in [0, 0.05) is 21.0 Å². The van der Waals surface area contributed by atoms with Crippen LogP contribution in [0, 0.1) is 11.3 Å². The first-order chi connectivity index (χ1) is 14.7. The molecule has 0 unspecified atom stereocenters. The molecule has 4 rings (SSSR count). The van der Waals surface area contributed by atoms with Crippen LogP contribution in [0.4, 0.5) is 10.5 Å². The van der Waals surface area contributed by atoms with Crippen LogP contribution in [-0.4, -0.2) is 6.09 Å². The fourth-order valence-corrected chi connectivity index (χ4v) is 4.60. The first-order valence-corrected chi connectivity index (χ1v) is 11.1. The van der Waals surface area contributed by atoms with Crippen LogP contribution in [0.3, 0.4) is 0 Å². The minimum atomic E-state index is -0.598. The van der Waals surface area contributed by atoms with E-state index in [4.69, 9.17) is 44.8 Å². The Kier molecular flexibility index (Phi) is 7.30. The molecule has 0 fully saturated rings. The average molecular weight is 492 g/mol. The van der Waals surface area contributed by atoms with E-state index in [9.17, 15) is 4.79 Å². The Hall–Kier alpha value is -2.49. The Labute approximate surface area is 199 Å². The monoisotopic (exact) mass is 490 g/mol. The summed E-state index contributed by atoms with van der Waals surface area (Å²) in [5.74, 6) is 0. The molecule has 8 heteroatoms. The van der Waals surface area contributed by atoms with E-state index in [1.165, 1.54) is 6.08 Å². The standard InChI is InChI=1S/C14H12ClNO2S.C9H5Cl2N/c1-14(2)12-10(16-13(17)18-14)7-11(19-12)8-4-3-5-9(15)6-8;10-8-3-1-2-7(6-8)9(11)4-5-12/h3-7H,1-2H3,(H,16,17);1-4,6H/b;9-4+. The molecular formula is C23H17Cl3N2O2S. The van der Waals surface area contributed by atoms with Crippen LogP contribution in [0.1, 0.15) is 24.3 Å². The fourth-order valence-electron chi connectivity index (χ4n) is 2.91. The van der Waals surface area contributed by atoms with Crippen LogP contribution in [-0.2, 0) is 10.3 Å². The maximum Gasteiger partial charge on any atom is 0.412 e. The van der Waals surface area contributed by atoms with Crippen molar-refractivity contribution in [1.82, 2.24) is 0 Å². The number of anilines is 1. The Balaban J connectivity index is 0.000000196. The maximum absolute atomic E-state index is 11.5. The van der Waals surface area contributed by atoms with Gasteiger partial charge in [0.25, 0.3) is 0 Å². The molecule has 2 aromatic carbocycles. The van der Waals surface area contributed by atoms with Gasteiger partial charge < -0.3 is 4.74 Å². The number of rotatable bonds is 2. The van der Waals surface area contributed by atoms with Gasteiger partial charge in [0.05, 0.1) is 21.7 Å². The number of nitriles is 1. The van der Waals surface area contributed by atoms with Gasteiger partial charge in [-0.1, -0.05) is 59.1 Å². The van der Waals surface area contributed by atoms with Crippen LogP contribution in [0.25, 0.3) is 15.5 Å². The normalized spacial score (nSPS) is 14.3. The van der Waals surface area contributed by atoms with Gasteiger partial charge in [0.15, 0.2) is 0 Å². The van der Waals surface area contributed by atoms with Gasteiger partial charge >= 0.3 is 6.09 Å². The zero-order valence-corrected chi connectivity index (χ0v) is 19.7. The number of allylic oxidation sites excluding steroid dienone is 1. The number of hydrogen-bond donors (Lipinski definition) is 1. The van der Waals surface area contributed by atoms with E-state index in [1.54, 1.807) is 35.6 Å². The van der Waals surface area contributed by atoms with E-state index in [2.05, 4.69) is 5.32 Å². The summed E-state index contributed by atoms with van der Waals surface area (Å²) in [6, 6.07) is 18.5. The number of benzene rings is 2. The molecule has 0 aliphatic carbocycles. The molecule has 3 aromatic rings. The summed E-state index contributed by atoms with van der Waals surface area (Å²) >= 11 is 19.1. The molecule has 1 aliphatic rings. The summed E-state index contributed by atoms with van der Waals surface area (Å²) in [5, 5.41) is 12.8. The smallest absolute Gasteiger partial charge is 0.412 e. The molecule has 2 heterocycles. The zero-order valence-electron chi connectivity index (χ0n) is 16.6. The van der Waals surface area contributed by atoms with Crippen molar-refractivity contribution in [2.75, 3.05) is 5.32 Å². The lowest BCUT2D eigenvalue weighted by Crippen LogP contribution is -2.33. The van der Waals surface area contributed by atoms with Crippen molar-refractivity contribution in [3.63, 3.8) is 0 Å². The van der Waals surface area contributed by atoms with E-state index in [-0.39, 0.29) is 0 Å². The zero-order chi connectivity index (χ0) is 22.6. The van der Waals surface area contributed by atoms with E-state index in [0.717, 1.165) is 26.6 Å². The summed E-state index contributed by atoms with van der Waals surface area (Å²) in [6.45, 7) is 3.78. The molecule has 1 aliphatic heterocycles. The van der Waals surface area contributed by atoms with Gasteiger partial charge in [-0.15, -0.1) is 11.3 Å². The van der Waals surface area contributed by atoms with Crippen LogP contribution in [0.5, 0.6) is 0 Å². The molecule has 158 valence electrons. The van der Waals surface area contributed by atoms with Crippen molar-refractivity contribution < 1.29 is 9.53 Å². The second-order valence-corrected chi connectivity index (χ2v) is 9.35. The highest BCUT2D eigenvalue weighted by Crippen LogP contribution is 2.44. The highest BCUT2D eigenvalue weighted by molar-refractivity contribution is 7.16. The second kappa shape index (κ2) is 9.76. The molecule has 1 amide bonds. The van der Waals surface area contributed by atoms with E-state index in [0.29, 0.717) is 15.1 Å². The quantitative estimate of drug-likeness (QED) is 0.367. The van der Waals surface area contributed by atoms with Crippen molar-refractivity contribution in [3.05, 3.63) is 81.2 Å². The summed E-state index contributed by atoms with van der Waals surface area (Å²) in [4.78, 5) is 13.6. The molecule has 0 saturated carbocycles. The fraction of sp³-hybridized carbons (Fsp3) is 0.130. The third-order valence-electron chi connectivity index (χ3n) is 4.26. The number of nitrogens with zero attached hydrogens (tertiary/aromatic N) is 1. The molecular weight excluding hydrogens is 475 g/mol. The number of amides is 1. The minimum Gasteiger partial charge on any atom is -0.437 e. The average Bonchev–Trinajstić information content (AvgIpc) is 3.13. The molecule has 31 heavy (non-hydrogen) atoms. The Bertz CT molecular complexity index is 1200.